The van der Waals surface area contributed by atoms with Crippen LogP contribution in [0.25, 0.3) is 0 Å². The molecule has 0 aliphatic carbocycles. The lowest BCUT2D eigenvalue weighted by Gasteiger charge is -2.51. The molecule has 2 aliphatic heterocycles. The number of aliphatic hydroxyl groups is 1. The number of piperidine rings is 2. The minimum atomic E-state index is -0.730. The summed E-state index contributed by atoms with van der Waals surface area (Å²) in [5.41, 5.74) is 0.259. The zero-order valence-electron chi connectivity index (χ0n) is 17.4. The second-order valence-electron chi connectivity index (χ2n) is 8.58. The largest absolute Gasteiger partial charge is 0.494 e. The van der Waals surface area contributed by atoms with Gasteiger partial charge in [-0.1, -0.05) is 48.5 Å². The minimum Gasteiger partial charge on any atom is -0.494 e. The van der Waals surface area contributed by atoms with Gasteiger partial charge < -0.3 is 19.5 Å². The van der Waals surface area contributed by atoms with Gasteiger partial charge in [-0.25, -0.2) is 4.79 Å². The highest BCUT2D eigenvalue weighted by atomic mass is 16.6. The van der Waals surface area contributed by atoms with Gasteiger partial charge in [-0.15, -0.1) is 0 Å². The molecule has 1 amide bonds. The molecular formula is C25H31NO4. The number of carbonyl (C=O) groups is 1. The van der Waals surface area contributed by atoms with E-state index in [1.807, 2.05) is 65.6 Å². The Bertz CT molecular complexity index is 796. The Morgan fingerprint density at radius 1 is 1.00 bits per heavy atom. The molecule has 2 fully saturated rings. The van der Waals surface area contributed by atoms with E-state index in [0.717, 1.165) is 37.0 Å². The highest BCUT2D eigenvalue weighted by Gasteiger charge is 2.47. The van der Waals surface area contributed by atoms with Crippen molar-refractivity contribution >= 4 is 6.09 Å². The van der Waals surface area contributed by atoms with E-state index in [2.05, 4.69) is 0 Å². The summed E-state index contributed by atoms with van der Waals surface area (Å²) >= 11 is 0. The van der Waals surface area contributed by atoms with Crippen molar-refractivity contribution < 1.29 is 19.4 Å². The van der Waals surface area contributed by atoms with Crippen LogP contribution < -0.4 is 4.74 Å². The van der Waals surface area contributed by atoms with Gasteiger partial charge in [0.05, 0.1) is 12.2 Å². The first-order chi connectivity index (χ1) is 14.6. The second kappa shape index (κ2) is 9.52. The number of hydrogen-bond donors (Lipinski definition) is 1. The Balaban J connectivity index is 1.29. The number of para-hydroxylation sites is 1. The number of rotatable bonds is 7. The molecule has 2 bridgehead atoms. The summed E-state index contributed by atoms with van der Waals surface area (Å²) in [5, 5.41) is 11.2. The quantitative estimate of drug-likeness (QED) is 0.659. The van der Waals surface area contributed by atoms with Crippen LogP contribution in [0.15, 0.2) is 60.7 Å². The molecule has 2 unspecified atom stereocenters. The zero-order chi connectivity index (χ0) is 20.8. The Morgan fingerprint density at radius 3 is 2.30 bits per heavy atom. The fourth-order valence-corrected chi connectivity index (χ4v) is 4.93. The van der Waals surface area contributed by atoms with E-state index in [9.17, 15) is 9.90 Å². The molecule has 0 aromatic heterocycles. The standard InChI is InChI=1S/C25H31NO4/c27-24(30-19-20-9-3-1-4-10-20)26-21-11-7-12-22(26)18-25(28,17-21)15-8-16-29-23-13-5-2-6-14-23/h1-6,9-10,13-14,21-22,28H,7-8,11-12,15-19H2. The van der Waals surface area contributed by atoms with Crippen LogP contribution >= 0.6 is 0 Å². The van der Waals surface area contributed by atoms with Gasteiger partial charge in [0, 0.05) is 12.1 Å². The summed E-state index contributed by atoms with van der Waals surface area (Å²) in [4.78, 5) is 14.7. The molecule has 2 heterocycles. The molecule has 2 aromatic rings. The molecule has 4 rings (SSSR count). The van der Waals surface area contributed by atoms with Crippen LogP contribution in [0.5, 0.6) is 5.75 Å². The summed E-state index contributed by atoms with van der Waals surface area (Å²) in [6.07, 6.45) is 5.45. The maximum atomic E-state index is 12.8. The number of benzene rings is 2. The molecule has 160 valence electrons. The molecule has 5 heteroatoms. The smallest absolute Gasteiger partial charge is 0.410 e. The Labute approximate surface area is 178 Å². The van der Waals surface area contributed by atoms with E-state index >= 15 is 0 Å². The van der Waals surface area contributed by atoms with Crippen molar-refractivity contribution in [3.8, 4) is 5.75 Å². The van der Waals surface area contributed by atoms with Crippen LogP contribution in [-0.2, 0) is 11.3 Å². The first kappa shape index (κ1) is 20.7. The minimum absolute atomic E-state index is 0.0563. The van der Waals surface area contributed by atoms with Crippen molar-refractivity contribution in [1.29, 1.82) is 0 Å². The van der Waals surface area contributed by atoms with Gasteiger partial charge in [-0.05, 0) is 62.6 Å². The van der Waals surface area contributed by atoms with Crippen molar-refractivity contribution in [1.82, 2.24) is 4.90 Å². The molecule has 1 N–H and O–H groups in total. The van der Waals surface area contributed by atoms with Crippen molar-refractivity contribution in [2.75, 3.05) is 6.61 Å². The third-order valence-electron chi connectivity index (χ3n) is 6.31. The molecule has 5 nitrogen and oxygen atoms in total. The van der Waals surface area contributed by atoms with Crippen LogP contribution in [-0.4, -0.2) is 40.4 Å². The first-order valence-corrected chi connectivity index (χ1v) is 11.0. The van der Waals surface area contributed by atoms with Gasteiger partial charge in [0.2, 0.25) is 0 Å². The molecule has 2 saturated heterocycles. The number of amides is 1. The van der Waals surface area contributed by atoms with Gasteiger partial charge in [-0.3, -0.25) is 0 Å². The average Bonchev–Trinajstić information content (AvgIpc) is 2.76. The van der Waals surface area contributed by atoms with Crippen LogP contribution in [0.3, 0.4) is 0 Å². The van der Waals surface area contributed by atoms with E-state index in [1.54, 1.807) is 0 Å². The average molecular weight is 410 g/mol. The Morgan fingerprint density at radius 2 is 1.63 bits per heavy atom. The van der Waals surface area contributed by atoms with Crippen molar-refractivity contribution in [3.63, 3.8) is 0 Å². The van der Waals surface area contributed by atoms with Gasteiger partial charge in [0.25, 0.3) is 0 Å². The fraction of sp³-hybridized carbons (Fsp3) is 0.480. The van der Waals surface area contributed by atoms with E-state index in [4.69, 9.17) is 9.47 Å². The Kier molecular flexibility index (Phi) is 6.58. The first-order valence-electron chi connectivity index (χ1n) is 11.0. The number of carbonyl (C=O) groups excluding carboxylic acids is 1. The summed E-state index contributed by atoms with van der Waals surface area (Å²) in [6, 6.07) is 19.6. The lowest BCUT2D eigenvalue weighted by Crippen LogP contribution is -2.59. The topological polar surface area (TPSA) is 59.0 Å². The number of ether oxygens (including phenoxy) is 2. The van der Waals surface area contributed by atoms with Gasteiger partial charge in [-0.2, -0.15) is 0 Å². The molecule has 2 aliphatic rings. The highest BCUT2D eigenvalue weighted by molar-refractivity contribution is 5.69. The summed E-state index contributed by atoms with van der Waals surface area (Å²) < 4.78 is 11.4. The number of fused-ring (bicyclic) bond motifs is 2. The number of nitrogens with zero attached hydrogens (tertiary/aromatic N) is 1. The van der Waals surface area contributed by atoms with Crippen LogP contribution in [0, 0.1) is 0 Å². The molecule has 0 radical (unpaired) electrons. The molecule has 30 heavy (non-hydrogen) atoms. The SMILES string of the molecule is O=C(OCc1ccccc1)N1C2CCCC1CC(O)(CCCOc1ccccc1)C2. The lowest BCUT2D eigenvalue weighted by molar-refractivity contribution is -0.0906. The van der Waals surface area contributed by atoms with Crippen molar-refractivity contribution in [2.24, 2.45) is 0 Å². The highest BCUT2D eigenvalue weighted by Crippen LogP contribution is 2.41. The Hall–Kier alpha value is -2.53. The zero-order valence-corrected chi connectivity index (χ0v) is 17.4. The molecular weight excluding hydrogens is 378 g/mol. The monoisotopic (exact) mass is 409 g/mol. The normalized spacial score (nSPS) is 25.6. The van der Waals surface area contributed by atoms with Gasteiger partial charge in [0.1, 0.15) is 12.4 Å². The van der Waals surface area contributed by atoms with Crippen molar-refractivity contribution in [3.05, 3.63) is 66.2 Å². The van der Waals surface area contributed by atoms with E-state index in [0.29, 0.717) is 25.9 Å². The third-order valence-corrected chi connectivity index (χ3v) is 6.31. The van der Waals surface area contributed by atoms with E-state index < -0.39 is 5.60 Å². The second-order valence-corrected chi connectivity index (χ2v) is 8.58. The summed E-state index contributed by atoms with van der Waals surface area (Å²) in [6.45, 7) is 0.876. The van der Waals surface area contributed by atoms with Gasteiger partial charge >= 0.3 is 6.09 Å². The molecule has 2 aromatic carbocycles. The molecule has 2 atom stereocenters. The maximum Gasteiger partial charge on any atom is 0.410 e. The lowest BCUT2D eigenvalue weighted by atomic mass is 9.74. The van der Waals surface area contributed by atoms with Crippen LogP contribution in [0.4, 0.5) is 4.79 Å². The van der Waals surface area contributed by atoms with Gasteiger partial charge in [0.15, 0.2) is 0 Å². The maximum absolute atomic E-state index is 12.8. The summed E-state index contributed by atoms with van der Waals surface area (Å²) in [5.74, 6) is 0.859. The molecule has 0 saturated carbocycles. The summed E-state index contributed by atoms with van der Waals surface area (Å²) in [7, 11) is 0. The van der Waals surface area contributed by atoms with E-state index in [-0.39, 0.29) is 24.8 Å². The van der Waals surface area contributed by atoms with Crippen LogP contribution in [0.1, 0.15) is 50.5 Å². The van der Waals surface area contributed by atoms with E-state index in [1.165, 1.54) is 0 Å². The van der Waals surface area contributed by atoms with Crippen LogP contribution in [0.2, 0.25) is 0 Å². The van der Waals surface area contributed by atoms with Crippen molar-refractivity contribution in [2.45, 2.75) is 69.2 Å². The molecule has 0 spiro atoms. The fourth-order valence-electron chi connectivity index (χ4n) is 4.93. The predicted molar refractivity (Wildman–Crippen MR) is 115 cm³/mol. The predicted octanol–water partition coefficient (Wildman–Crippen LogP) is 4.93. The number of hydrogen-bond acceptors (Lipinski definition) is 4. The third kappa shape index (κ3) is 5.14.